The Morgan fingerprint density at radius 2 is 1.71 bits per heavy atom. The summed E-state index contributed by atoms with van der Waals surface area (Å²) in [6.07, 6.45) is 21.2. The van der Waals surface area contributed by atoms with Crippen LogP contribution in [0.5, 0.6) is 0 Å². The van der Waals surface area contributed by atoms with Crippen LogP contribution in [-0.2, 0) is 0 Å². The predicted molar refractivity (Wildman–Crippen MR) is 70.0 cm³/mol. The molecule has 1 aliphatic heterocycles. The molecule has 0 saturated heterocycles. The Morgan fingerprint density at radius 1 is 0.882 bits per heavy atom. The molecule has 1 unspecified atom stereocenters. The van der Waals surface area contributed by atoms with Gasteiger partial charge in [0.05, 0.1) is 6.67 Å². The van der Waals surface area contributed by atoms with Crippen molar-refractivity contribution >= 4 is 0 Å². The second-order valence-corrected chi connectivity index (χ2v) is 5.58. The van der Waals surface area contributed by atoms with Gasteiger partial charge in [-0.3, -0.25) is 0 Å². The summed E-state index contributed by atoms with van der Waals surface area (Å²) in [7, 11) is 0. The van der Waals surface area contributed by atoms with E-state index in [1.807, 2.05) is 0 Å². The number of nitrogens with zero attached hydrogens (tertiary/aromatic N) is 2. The van der Waals surface area contributed by atoms with Crippen LogP contribution in [0.3, 0.4) is 0 Å². The summed E-state index contributed by atoms with van der Waals surface area (Å²) in [5, 5.41) is 0. The zero-order chi connectivity index (χ0) is 11.5. The van der Waals surface area contributed by atoms with E-state index in [4.69, 9.17) is 0 Å². The molecule has 1 atom stereocenters. The number of hydrogen-bond donors (Lipinski definition) is 0. The minimum atomic E-state index is 0.536. The fraction of sp³-hybridized carbons (Fsp3) is 0.733. The fourth-order valence-electron chi connectivity index (χ4n) is 3.28. The SMILES string of the molecule is [C+]1=CCCCC1N1C=CN(C2CCCCC2)C1. The molecule has 2 nitrogen and oxygen atoms in total. The molecule has 2 aliphatic carbocycles. The Balaban J connectivity index is 1.56. The van der Waals surface area contributed by atoms with Gasteiger partial charge in [0.25, 0.3) is 0 Å². The molecule has 3 rings (SSSR count). The van der Waals surface area contributed by atoms with Crippen molar-refractivity contribution in [3.63, 3.8) is 0 Å². The van der Waals surface area contributed by atoms with Crippen molar-refractivity contribution < 1.29 is 0 Å². The highest BCUT2D eigenvalue weighted by Gasteiger charge is 2.31. The van der Waals surface area contributed by atoms with Crippen molar-refractivity contribution in [1.82, 2.24) is 9.80 Å². The van der Waals surface area contributed by atoms with Crippen molar-refractivity contribution in [2.24, 2.45) is 0 Å². The Hall–Kier alpha value is -1.01. The lowest BCUT2D eigenvalue weighted by Gasteiger charge is -2.32. The quantitative estimate of drug-likeness (QED) is 0.673. The summed E-state index contributed by atoms with van der Waals surface area (Å²) in [5.41, 5.74) is 0. The Kier molecular flexibility index (Phi) is 3.33. The van der Waals surface area contributed by atoms with E-state index < -0.39 is 0 Å². The normalized spacial score (nSPS) is 29.8. The highest BCUT2D eigenvalue weighted by atomic mass is 15.4. The van der Waals surface area contributed by atoms with Crippen LogP contribution in [0, 0.1) is 6.08 Å². The molecule has 2 heteroatoms. The summed E-state index contributed by atoms with van der Waals surface area (Å²) in [4.78, 5) is 5.01. The van der Waals surface area contributed by atoms with Crippen molar-refractivity contribution in [2.45, 2.75) is 63.5 Å². The standard InChI is InChI=1S/C15H23N2/c1-3-7-14(8-4-1)16-11-12-17(13-16)15-9-5-2-6-10-15/h3,11-12,14-15H,1-2,4-6,8-10,13H2/q+1. The lowest BCUT2D eigenvalue weighted by molar-refractivity contribution is 0.156. The molecule has 0 N–H and O–H groups in total. The summed E-state index contributed by atoms with van der Waals surface area (Å²) in [6.45, 7) is 1.09. The highest BCUT2D eigenvalue weighted by molar-refractivity contribution is 5.01. The zero-order valence-corrected chi connectivity index (χ0v) is 10.6. The first-order chi connectivity index (χ1) is 8.43. The van der Waals surface area contributed by atoms with Crippen LogP contribution in [0.4, 0.5) is 0 Å². The van der Waals surface area contributed by atoms with Gasteiger partial charge in [-0.1, -0.05) is 19.3 Å². The number of allylic oxidation sites excluding steroid dienone is 1. The smallest absolute Gasteiger partial charge is 0.249 e. The van der Waals surface area contributed by atoms with Gasteiger partial charge in [-0.25, -0.2) is 0 Å². The first kappa shape index (κ1) is 11.1. The molecular weight excluding hydrogens is 208 g/mol. The highest BCUT2D eigenvalue weighted by Crippen LogP contribution is 2.27. The molecule has 0 spiro atoms. The van der Waals surface area contributed by atoms with Gasteiger partial charge in [-0.15, -0.1) is 0 Å². The molecule has 0 amide bonds. The van der Waals surface area contributed by atoms with E-state index in [1.165, 1.54) is 51.4 Å². The molecule has 92 valence electrons. The molecule has 1 fully saturated rings. The first-order valence-corrected chi connectivity index (χ1v) is 7.21. The average molecular weight is 231 g/mol. The second-order valence-electron chi connectivity index (χ2n) is 5.58. The van der Waals surface area contributed by atoms with E-state index in [0.717, 1.165) is 12.7 Å². The molecule has 0 aromatic rings. The monoisotopic (exact) mass is 231 g/mol. The molecule has 1 heterocycles. The lowest BCUT2D eigenvalue weighted by atomic mass is 9.95. The fourth-order valence-corrected chi connectivity index (χ4v) is 3.28. The molecule has 0 aromatic heterocycles. The minimum Gasteiger partial charge on any atom is -0.355 e. The Labute approximate surface area is 105 Å². The van der Waals surface area contributed by atoms with E-state index in [2.05, 4.69) is 34.4 Å². The largest absolute Gasteiger partial charge is 0.355 e. The van der Waals surface area contributed by atoms with Gasteiger partial charge in [-0.05, 0) is 19.3 Å². The van der Waals surface area contributed by atoms with Gasteiger partial charge in [-0.2, -0.15) is 0 Å². The van der Waals surface area contributed by atoms with Gasteiger partial charge in [0.2, 0.25) is 12.1 Å². The van der Waals surface area contributed by atoms with Gasteiger partial charge in [0.15, 0.2) is 6.08 Å². The maximum absolute atomic E-state index is 3.51. The zero-order valence-electron chi connectivity index (χ0n) is 10.6. The summed E-state index contributed by atoms with van der Waals surface area (Å²) in [6, 6.07) is 1.34. The van der Waals surface area contributed by atoms with Crippen LogP contribution in [0.15, 0.2) is 18.5 Å². The van der Waals surface area contributed by atoms with Crippen LogP contribution in [0.25, 0.3) is 0 Å². The minimum absolute atomic E-state index is 0.536. The summed E-state index contributed by atoms with van der Waals surface area (Å²) in [5.74, 6) is 0. The van der Waals surface area contributed by atoms with E-state index in [1.54, 1.807) is 0 Å². The summed E-state index contributed by atoms with van der Waals surface area (Å²) >= 11 is 0. The molecule has 3 aliphatic rings. The van der Waals surface area contributed by atoms with Crippen LogP contribution in [0.2, 0.25) is 0 Å². The topological polar surface area (TPSA) is 6.48 Å². The predicted octanol–water partition coefficient (Wildman–Crippen LogP) is 3.28. The van der Waals surface area contributed by atoms with Gasteiger partial charge in [0, 0.05) is 31.3 Å². The molecule has 1 saturated carbocycles. The van der Waals surface area contributed by atoms with Crippen LogP contribution in [-0.4, -0.2) is 28.6 Å². The summed E-state index contributed by atoms with van der Waals surface area (Å²) < 4.78 is 0. The molecule has 17 heavy (non-hydrogen) atoms. The molecule has 0 aromatic carbocycles. The van der Waals surface area contributed by atoms with Crippen LogP contribution >= 0.6 is 0 Å². The maximum atomic E-state index is 3.51. The second kappa shape index (κ2) is 5.10. The Morgan fingerprint density at radius 3 is 2.47 bits per heavy atom. The van der Waals surface area contributed by atoms with Crippen LogP contribution in [0.1, 0.15) is 51.4 Å². The first-order valence-electron chi connectivity index (χ1n) is 7.21. The van der Waals surface area contributed by atoms with E-state index in [-0.39, 0.29) is 0 Å². The lowest BCUT2D eigenvalue weighted by Crippen LogP contribution is -2.39. The number of hydrogen-bond acceptors (Lipinski definition) is 2. The van der Waals surface area contributed by atoms with E-state index >= 15 is 0 Å². The molecular formula is C15H23N2+. The van der Waals surface area contributed by atoms with Crippen molar-refractivity contribution in [1.29, 1.82) is 0 Å². The van der Waals surface area contributed by atoms with Crippen molar-refractivity contribution in [2.75, 3.05) is 6.67 Å². The third kappa shape index (κ3) is 2.47. The van der Waals surface area contributed by atoms with Gasteiger partial charge in [0.1, 0.15) is 0 Å². The third-order valence-electron chi connectivity index (χ3n) is 4.36. The maximum Gasteiger partial charge on any atom is 0.249 e. The average Bonchev–Trinajstić information content (AvgIpc) is 2.90. The molecule has 0 radical (unpaired) electrons. The van der Waals surface area contributed by atoms with E-state index in [0.29, 0.717) is 6.04 Å². The molecule has 0 bridgehead atoms. The Bertz CT molecular complexity index is 302. The number of rotatable bonds is 2. The third-order valence-corrected chi connectivity index (χ3v) is 4.36. The van der Waals surface area contributed by atoms with Crippen molar-refractivity contribution in [3.05, 3.63) is 24.6 Å². The van der Waals surface area contributed by atoms with E-state index in [9.17, 15) is 0 Å². The van der Waals surface area contributed by atoms with Crippen molar-refractivity contribution in [3.8, 4) is 0 Å². The van der Waals surface area contributed by atoms with Crippen LogP contribution < -0.4 is 0 Å². The van der Waals surface area contributed by atoms with Gasteiger partial charge < -0.3 is 9.80 Å². The van der Waals surface area contributed by atoms with Gasteiger partial charge >= 0.3 is 0 Å².